The van der Waals surface area contributed by atoms with Crippen LogP contribution < -0.4 is 10.6 Å². The summed E-state index contributed by atoms with van der Waals surface area (Å²) in [5.41, 5.74) is 0.714. The molecule has 0 bridgehead atoms. The van der Waals surface area contributed by atoms with Crippen LogP contribution in [0.1, 0.15) is 12.5 Å². The van der Waals surface area contributed by atoms with Gasteiger partial charge in [0, 0.05) is 24.7 Å². The molecule has 98 valence electrons. The molecule has 0 saturated carbocycles. The van der Waals surface area contributed by atoms with Crippen molar-refractivity contribution in [3.63, 3.8) is 0 Å². The van der Waals surface area contributed by atoms with Gasteiger partial charge in [-0.25, -0.2) is 0 Å². The third-order valence-electron chi connectivity index (χ3n) is 2.98. The Morgan fingerprint density at radius 1 is 1.50 bits per heavy atom. The van der Waals surface area contributed by atoms with Gasteiger partial charge in [0.05, 0.1) is 5.60 Å². The fourth-order valence-electron chi connectivity index (χ4n) is 1.71. The van der Waals surface area contributed by atoms with Crippen molar-refractivity contribution < 1.29 is 9.53 Å². The average molecular weight is 269 g/mol. The third kappa shape index (κ3) is 3.45. The van der Waals surface area contributed by atoms with Crippen molar-refractivity contribution in [3.05, 3.63) is 34.9 Å². The molecule has 1 saturated heterocycles. The van der Waals surface area contributed by atoms with Crippen molar-refractivity contribution in [1.29, 1.82) is 0 Å². The van der Waals surface area contributed by atoms with Crippen molar-refractivity contribution in [1.82, 2.24) is 10.6 Å². The van der Waals surface area contributed by atoms with Gasteiger partial charge in [0.15, 0.2) is 0 Å². The van der Waals surface area contributed by atoms with Crippen molar-refractivity contribution in [3.8, 4) is 0 Å². The SMILES string of the molecule is CC1(OCC(=O)NCc2ccccc2Cl)CNC1. The van der Waals surface area contributed by atoms with Crippen molar-refractivity contribution in [2.45, 2.75) is 19.1 Å². The van der Waals surface area contributed by atoms with E-state index in [0.29, 0.717) is 11.6 Å². The average Bonchev–Trinajstić information content (AvgIpc) is 2.33. The first-order valence-electron chi connectivity index (χ1n) is 5.94. The maximum atomic E-state index is 11.6. The molecule has 4 nitrogen and oxygen atoms in total. The van der Waals surface area contributed by atoms with E-state index in [9.17, 15) is 4.79 Å². The molecule has 2 rings (SSSR count). The number of ether oxygens (including phenoxy) is 1. The van der Waals surface area contributed by atoms with Crippen molar-refractivity contribution in [2.24, 2.45) is 0 Å². The number of nitrogens with one attached hydrogen (secondary N) is 2. The van der Waals surface area contributed by atoms with E-state index in [1.807, 2.05) is 25.1 Å². The smallest absolute Gasteiger partial charge is 0.246 e. The molecule has 0 aromatic heterocycles. The van der Waals surface area contributed by atoms with Crippen molar-refractivity contribution in [2.75, 3.05) is 19.7 Å². The summed E-state index contributed by atoms with van der Waals surface area (Å²) in [5, 5.41) is 6.57. The predicted octanol–water partition coefficient (Wildman–Crippen LogP) is 1.33. The quantitative estimate of drug-likeness (QED) is 0.847. The third-order valence-corrected chi connectivity index (χ3v) is 3.35. The first kappa shape index (κ1) is 13.3. The Morgan fingerprint density at radius 3 is 2.83 bits per heavy atom. The van der Waals surface area contributed by atoms with Crippen LogP contribution in [0.15, 0.2) is 24.3 Å². The van der Waals surface area contributed by atoms with Gasteiger partial charge < -0.3 is 15.4 Å². The molecule has 0 radical (unpaired) electrons. The number of amides is 1. The second kappa shape index (κ2) is 5.69. The number of carbonyl (C=O) groups is 1. The van der Waals surface area contributed by atoms with Gasteiger partial charge in [0.25, 0.3) is 0 Å². The summed E-state index contributed by atoms with van der Waals surface area (Å²) < 4.78 is 5.54. The Morgan fingerprint density at radius 2 is 2.22 bits per heavy atom. The van der Waals surface area contributed by atoms with Crippen LogP contribution in [-0.4, -0.2) is 31.2 Å². The zero-order valence-electron chi connectivity index (χ0n) is 10.3. The molecule has 1 aromatic rings. The summed E-state index contributed by atoms with van der Waals surface area (Å²) in [7, 11) is 0. The highest BCUT2D eigenvalue weighted by molar-refractivity contribution is 6.31. The lowest BCUT2D eigenvalue weighted by Gasteiger charge is -2.38. The molecule has 1 aliphatic heterocycles. The molecule has 1 aromatic carbocycles. The van der Waals surface area contributed by atoms with Crippen LogP contribution in [-0.2, 0) is 16.1 Å². The van der Waals surface area contributed by atoms with Crippen LogP contribution in [0, 0.1) is 0 Å². The zero-order chi connectivity index (χ0) is 13.0. The fourth-order valence-corrected chi connectivity index (χ4v) is 1.91. The lowest BCUT2D eigenvalue weighted by Crippen LogP contribution is -2.59. The molecule has 0 atom stereocenters. The highest BCUT2D eigenvalue weighted by Gasteiger charge is 2.32. The Kier molecular flexibility index (Phi) is 4.22. The summed E-state index contributed by atoms with van der Waals surface area (Å²) in [4.78, 5) is 11.6. The van der Waals surface area contributed by atoms with Gasteiger partial charge >= 0.3 is 0 Å². The minimum atomic E-state index is -0.193. The minimum absolute atomic E-state index is 0.0859. The molecule has 0 spiro atoms. The van der Waals surface area contributed by atoms with E-state index in [1.165, 1.54) is 0 Å². The fraction of sp³-hybridized carbons (Fsp3) is 0.462. The second-order valence-electron chi connectivity index (χ2n) is 4.71. The number of hydrogen-bond acceptors (Lipinski definition) is 3. The van der Waals surface area contributed by atoms with E-state index in [0.717, 1.165) is 18.7 Å². The Labute approximate surface area is 112 Å². The molecule has 1 amide bonds. The minimum Gasteiger partial charge on any atom is -0.363 e. The van der Waals surface area contributed by atoms with Gasteiger partial charge in [-0.3, -0.25) is 4.79 Å². The number of rotatable bonds is 5. The van der Waals surface area contributed by atoms with Gasteiger partial charge in [0.2, 0.25) is 5.91 Å². The first-order valence-corrected chi connectivity index (χ1v) is 6.32. The molecule has 1 aliphatic rings. The van der Waals surface area contributed by atoms with Crippen LogP contribution in [0.25, 0.3) is 0 Å². The monoisotopic (exact) mass is 268 g/mol. The maximum Gasteiger partial charge on any atom is 0.246 e. The highest BCUT2D eigenvalue weighted by atomic mass is 35.5. The highest BCUT2D eigenvalue weighted by Crippen LogP contribution is 2.15. The second-order valence-corrected chi connectivity index (χ2v) is 5.12. The molecule has 5 heteroatoms. The van der Waals surface area contributed by atoms with Crippen LogP contribution in [0.2, 0.25) is 5.02 Å². The number of hydrogen-bond donors (Lipinski definition) is 2. The molecule has 1 heterocycles. The van der Waals surface area contributed by atoms with Crippen molar-refractivity contribution >= 4 is 17.5 Å². The summed E-state index contributed by atoms with van der Waals surface area (Å²) in [6, 6.07) is 7.45. The number of halogens is 1. The summed E-state index contributed by atoms with van der Waals surface area (Å²) in [6.07, 6.45) is 0. The van der Waals surface area contributed by atoms with E-state index in [1.54, 1.807) is 6.07 Å². The van der Waals surface area contributed by atoms with E-state index < -0.39 is 0 Å². The predicted molar refractivity (Wildman–Crippen MR) is 70.5 cm³/mol. The van der Waals surface area contributed by atoms with Gasteiger partial charge in [-0.05, 0) is 18.6 Å². The van der Waals surface area contributed by atoms with Gasteiger partial charge in [-0.1, -0.05) is 29.8 Å². The molecular weight excluding hydrogens is 252 g/mol. The maximum absolute atomic E-state index is 11.6. The Bertz CT molecular complexity index is 433. The number of benzene rings is 1. The lowest BCUT2D eigenvalue weighted by atomic mass is 10.0. The Hall–Kier alpha value is -1.10. The van der Waals surface area contributed by atoms with E-state index >= 15 is 0 Å². The topological polar surface area (TPSA) is 50.4 Å². The van der Waals surface area contributed by atoms with E-state index in [-0.39, 0.29) is 18.1 Å². The molecule has 2 N–H and O–H groups in total. The summed E-state index contributed by atoms with van der Waals surface area (Å²) in [5.74, 6) is -0.122. The van der Waals surface area contributed by atoms with Crippen LogP contribution in [0.3, 0.4) is 0 Å². The standard InChI is InChI=1S/C13H17ClN2O2/c1-13(8-15-9-13)18-7-12(17)16-6-10-4-2-3-5-11(10)14/h2-5,15H,6-9H2,1H3,(H,16,17). The van der Waals surface area contributed by atoms with Gasteiger partial charge in [-0.15, -0.1) is 0 Å². The lowest BCUT2D eigenvalue weighted by molar-refractivity contribution is -0.136. The molecular formula is C13H17ClN2O2. The first-order chi connectivity index (χ1) is 8.59. The van der Waals surface area contributed by atoms with Crippen LogP contribution >= 0.6 is 11.6 Å². The van der Waals surface area contributed by atoms with Crippen LogP contribution in [0.5, 0.6) is 0 Å². The summed E-state index contributed by atoms with van der Waals surface area (Å²) in [6.45, 7) is 4.10. The molecule has 0 unspecified atom stereocenters. The van der Waals surface area contributed by atoms with E-state index in [4.69, 9.17) is 16.3 Å². The zero-order valence-corrected chi connectivity index (χ0v) is 11.1. The molecule has 1 fully saturated rings. The van der Waals surface area contributed by atoms with Gasteiger partial charge in [-0.2, -0.15) is 0 Å². The number of carbonyl (C=O) groups excluding carboxylic acids is 1. The Balaban J connectivity index is 1.73. The normalized spacial score (nSPS) is 17.0. The largest absolute Gasteiger partial charge is 0.363 e. The molecule has 0 aliphatic carbocycles. The van der Waals surface area contributed by atoms with Gasteiger partial charge in [0.1, 0.15) is 6.61 Å². The summed E-state index contributed by atoms with van der Waals surface area (Å²) >= 11 is 6.00. The van der Waals surface area contributed by atoms with Crippen LogP contribution in [0.4, 0.5) is 0 Å². The van der Waals surface area contributed by atoms with E-state index in [2.05, 4.69) is 10.6 Å². The molecule has 18 heavy (non-hydrogen) atoms.